The molecule has 0 saturated carbocycles. The molecule has 0 unspecified atom stereocenters. The van der Waals surface area contributed by atoms with E-state index in [-0.39, 0.29) is 5.82 Å². The van der Waals surface area contributed by atoms with Gasteiger partial charge in [0, 0.05) is 22.7 Å². The summed E-state index contributed by atoms with van der Waals surface area (Å²) >= 11 is 0. The van der Waals surface area contributed by atoms with Crippen molar-refractivity contribution in [1.29, 1.82) is 0 Å². The van der Waals surface area contributed by atoms with Crippen LogP contribution in [0.1, 0.15) is 10.4 Å². The van der Waals surface area contributed by atoms with Gasteiger partial charge in [0.25, 0.3) is 5.91 Å². The van der Waals surface area contributed by atoms with E-state index in [1.54, 1.807) is 60.7 Å². The van der Waals surface area contributed by atoms with Crippen molar-refractivity contribution in [2.24, 2.45) is 0 Å². The molecule has 1 aromatic heterocycles. The molecule has 8 heteroatoms. The summed E-state index contributed by atoms with van der Waals surface area (Å²) in [6, 6.07) is 20.8. The van der Waals surface area contributed by atoms with Gasteiger partial charge in [0.2, 0.25) is 0 Å². The number of nitrogens with one attached hydrogen (secondary N) is 3. The number of benzene rings is 3. The lowest BCUT2D eigenvalue weighted by atomic mass is 10.0. The van der Waals surface area contributed by atoms with Gasteiger partial charge in [-0.3, -0.25) is 10.2 Å². The van der Waals surface area contributed by atoms with Crippen LogP contribution in [0.25, 0.3) is 22.2 Å². The first-order valence-corrected chi connectivity index (χ1v) is 9.70. The fourth-order valence-electron chi connectivity index (χ4n) is 3.18. The summed E-state index contributed by atoms with van der Waals surface area (Å²) in [6.45, 7) is 0. The number of rotatable bonds is 4. The Morgan fingerprint density at radius 3 is 2.47 bits per heavy atom. The normalized spacial score (nSPS) is 10.4. The van der Waals surface area contributed by atoms with Gasteiger partial charge in [-0.25, -0.2) is 19.6 Å². The molecule has 4 aromatic rings. The number of hydrazine groups is 1. The maximum atomic E-state index is 13.3. The van der Waals surface area contributed by atoms with E-state index in [2.05, 4.69) is 21.2 Å². The first-order valence-electron chi connectivity index (χ1n) is 9.70. The summed E-state index contributed by atoms with van der Waals surface area (Å²) in [4.78, 5) is 29.7. The lowest BCUT2D eigenvalue weighted by molar-refractivity contribution is 0.0939. The fourth-order valence-corrected chi connectivity index (χ4v) is 3.18. The van der Waals surface area contributed by atoms with Crippen LogP contribution in [0.2, 0.25) is 0 Å². The molecule has 0 bridgehead atoms. The van der Waals surface area contributed by atoms with Gasteiger partial charge in [0.15, 0.2) is 0 Å². The summed E-state index contributed by atoms with van der Waals surface area (Å²) < 4.78 is 18.4. The summed E-state index contributed by atoms with van der Waals surface area (Å²) in [6.07, 6.45) is 0. The van der Waals surface area contributed by atoms with Gasteiger partial charge >= 0.3 is 6.03 Å². The summed E-state index contributed by atoms with van der Waals surface area (Å²) in [5.41, 5.74) is 7.33. The number of halogens is 1. The molecule has 0 fully saturated rings. The number of anilines is 1. The molecule has 7 nitrogen and oxygen atoms in total. The highest BCUT2D eigenvalue weighted by molar-refractivity contribution is 6.07. The predicted molar refractivity (Wildman–Crippen MR) is 120 cm³/mol. The third kappa shape index (κ3) is 4.65. The van der Waals surface area contributed by atoms with Crippen LogP contribution in [0.4, 0.5) is 14.9 Å². The van der Waals surface area contributed by atoms with Crippen LogP contribution in [0.3, 0.4) is 0 Å². The number of methoxy groups -OCH3 is 1. The zero-order valence-electron chi connectivity index (χ0n) is 17.1. The number of para-hydroxylation sites is 1. The molecular weight excluding hydrogens is 411 g/mol. The van der Waals surface area contributed by atoms with Crippen LogP contribution < -0.4 is 20.9 Å². The quantitative estimate of drug-likeness (QED) is 0.415. The minimum Gasteiger partial charge on any atom is -0.497 e. The van der Waals surface area contributed by atoms with Crippen LogP contribution in [0.15, 0.2) is 78.9 Å². The van der Waals surface area contributed by atoms with Gasteiger partial charge in [-0.2, -0.15) is 0 Å². The monoisotopic (exact) mass is 430 g/mol. The Balaban J connectivity index is 1.54. The topological polar surface area (TPSA) is 92.4 Å². The van der Waals surface area contributed by atoms with Gasteiger partial charge in [-0.15, -0.1) is 0 Å². The van der Waals surface area contributed by atoms with Crippen molar-refractivity contribution in [3.63, 3.8) is 0 Å². The molecule has 32 heavy (non-hydrogen) atoms. The summed E-state index contributed by atoms with van der Waals surface area (Å²) in [5.74, 6) is -0.296. The maximum absolute atomic E-state index is 13.3. The second-order valence-corrected chi connectivity index (χ2v) is 6.84. The largest absolute Gasteiger partial charge is 0.497 e. The molecule has 4 rings (SSSR count). The molecule has 3 aromatic carbocycles. The van der Waals surface area contributed by atoms with Crippen LogP contribution in [-0.2, 0) is 0 Å². The Labute approximate surface area is 183 Å². The fraction of sp³-hybridized carbons (Fsp3) is 0.0417. The van der Waals surface area contributed by atoms with Crippen LogP contribution in [0, 0.1) is 5.82 Å². The molecule has 0 atom stereocenters. The number of carbonyl (C=O) groups is 2. The number of hydrogen-bond donors (Lipinski definition) is 3. The highest BCUT2D eigenvalue weighted by atomic mass is 19.1. The minimum atomic E-state index is -0.622. The van der Waals surface area contributed by atoms with E-state index in [1.165, 1.54) is 19.2 Å². The average molecular weight is 430 g/mol. The van der Waals surface area contributed by atoms with Crippen LogP contribution in [0.5, 0.6) is 5.75 Å². The Morgan fingerprint density at radius 1 is 0.906 bits per heavy atom. The van der Waals surface area contributed by atoms with Gasteiger partial charge in [-0.05, 0) is 48.5 Å². The number of hydrogen-bond acceptors (Lipinski definition) is 4. The lowest BCUT2D eigenvalue weighted by Gasteiger charge is -2.12. The summed E-state index contributed by atoms with van der Waals surface area (Å²) in [7, 11) is 1.53. The zero-order valence-corrected chi connectivity index (χ0v) is 17.1. The van der Waals surface area contributed by atoms with Crippen molar-refractivity contribution in [3.8, 4) is 17.0 Å². The highest BCUT2D eigenvalue weighted by Crippen LogP contribution is 2.25. The molecule has 0 aliphatic heterocycles. The van der Waals surface area contributed by atoms with Gasteiger partial charge in [0.1, 0.15) is 11.6 Å². The molecule has 0 saturated heterocycles. The van der Waals surface area contributed by atoms with Crippen molar-refractivity contribution in [2.75, 3.05) is 12.4 Å². The van der Waals surface area contributed by atoms with Crippen molar-refractivity contribution in [3.05, 3.63) is 90.2 Å². The van der Waals surface area contributed by atoms with E-state index >= 15 is 0 Å². The van der Waals surface area contributed by atoms with Crippen LogP contribution in [-0.4, -0.2) is 24.0 Å². The minimum absolute atomic E-state index is 0.316. The number of amides is 3. The molecule has 160 valence electrons. The van der Waals surface area contributed by atoms with Crippen molar-refractivity contribution in [2.45, 2.75) is 0 Å². The molecule has 3 amide bonds. The second-order valence-electron chi connectivity index (χ2n) is 6.84. The Hall–Kier alpha value is -4.46. The van der Waals surface area contributed by atoms with E-state index in [0.29, 0.717) is 39.2 Å². The number of pyridine rings is 1. The predicted octanol–water partition coefficient (Wildman–Crippen LogP) is 4.52. The Bertz CT molecular complexity index is 1290. The standard InChI is InChI=1S/C24H19FN4O3/c1-32-18-6-4-5-17(13-18)26-24(31)29-28-23(30)20-14-22(15-9-11-16(25)12-10-15)27-21-8-3-2-7-19(20)21/h2-14H,1H3,(H,28,30)(H2,26,29,31). The lowest BCUT2D eigenvalue weighted by Crippen LogP contribution is -2.44. The van der Waals surface area contributed by atoms with Gasteiger partial charge in [-0.1, -0.05) is 24.3 Å². The highest BCUT2D eigenvalue weighted by Gasteiger charge is 2.15. The third-order valence-corrected chi connectivity index (χ3v) is 4.72. The Kier molecular flexibility index (Phi) is 5.94. The van der Waals surface area contributed by atoms with Gasteiger partial charge < -0.3 is 10.1 Å². The zero-order chi connectivity index (χ0) is 22.5. The number of aromatic nitrogens is 1. The van der Waals surface area contributed by atoms with Crippen LogP contribution >= 0.6 is 0 Å². The SMILES string of the molecule is COc1cccc(NC(=O)NNC(=O)c2cc(-c3ccc(F)cc3)nc3ccccc23)c1. The molecule has 0 aliphatic rings. The number of carbonyl (C=O) groups excluding carboxylic acids is 2. The molecular formula is C24H19FN4O3. The summed E-state index contributed by atoms with van der Waals surface area (Å²) in [5, 5.41) is 3.23. The van der Waals surface area contributed by atoms with E-state index in [4.69, 9.17) is 4.74 Å². The Morgan fingerprint density at radius 2 is 1.69 bits per heavy atom. The number of nitrogens with zero attached hydrogens (tertiary/aromatic N) is 1. The number of urea groups is 1. The smallest absolute Gasteiger partial charge is 0.337 e. The van der Waals surface area contributed by atoms with E-state index in [0.717, 1.165) is 0 Å². The number of fused-ring (bicyclic) bond motifs is 1. The molecule has 0 aliphatic carbocycles. The molecule has 0 spiro atoms. The van der Waals surface area contributed by atoms with Gasteiger partial charge in [0.05, 0.1) is 23.9 Å². The van der Waals surface area contributed by atoms with Crippen molar-refractivity contribution < 1.29 is 18.7 Å². The van der Waals surface area contributed by atoms with Crippen molar-refractivity contribution in [1.82, 2.24) is 15.8 Å². The first kappa shape index (κ1) is 20.8. The average Bonchev–Trinajstić information content (AvgIpc) is 2.82. The maximum Gasteiger partial charge on any atom is 0.337 e. The molecule has 3 N–H and O–H groups in total. The molecule has 0 radical (unpaired) electrons. The van der Waals surface area contributed by atoms with E-state index < -0.39 is 11.9 Å². The van der Waals surface area contributed by atoms with Crippen molar-refractivity contribution >= 4 is 28.5 Å². The van der Waals surface area contributed by atoms with E-state index in [9.17, 15) is 14.0 Å². The van der Waals surface area contributed by atoms with E-state index in [1.807, 2.05) is 6.07 Å². The molecule has 1 heterocycles. The first-order chi connectivity index (χ1) is 15.5. The third-order valence-electron chi connectivity index (χ3n) is 4.72. The number of ether oxygens (including phenoxy) is 1. The second kappa shape index (κ2) is 9.13.